The minimum absolute atomic E-state index is 0.0246. The summed E-state index contributed by atoms with van der Waals surface area (Å²) in [6, 6.07) is 0. The zero-order valence-corrected chi connectivity index (χ0v) is 8.69. The molecule has 0 aromatic rings. The summed E-state index contributed by atoms with van der Waals surface area (Å²) in [5, 5.41) is 9.21. The van der Waals surface area contributed by atoms with Crippen LogP contribution in [0.5, 0.6) is 0 Å². The molecule has 0 saturated heterocycles. The van der Waals surface area contributed by atoms with Gasteiger partial charge in [-0.3, -0.25) is 4.79 Å². The van der Waals surface area contributed by atoms with E-state index in [4.69, 9.17) is 0 Å². The first kappa shape index (κ1) is 9.13. The summed E-state index contributed by atoms with van der Waals surface area (Å²) in [5.41, 5.74) is 1.10. The van der Waals surface area contributed by atoms with Crippen molar-refractivity contribution >= 4 is 11.8 Å². The fourth-order valence-corrected chi connectivity index (χ4v) is 3.49. The summed E-state index contributed by atoms with van der Waals surface area (Å²) in [4.78, 5) is 22.8. The molecule has 2 fully saturated rings. The third kappa shape index (κ3) is 1.12. The molecule has 1 N–H and O–H groups in total. The molecule has 4 rings (SSSR count). The molecule has 0 aliphatic heterocycles. The molecule has 0 spiro atoms. The Morgan fingerprint density at radius 3 is 2.40 bits per heavy atom. The maximum Gasteiger partial charge on any atom is 0.332 e. The maximum absolute atomic E-state index is 11.5. The number of aliphatic carboxylic acids is 1. The Morgan fingerprint density at radius 1 is 1.20 bits per heavy atom. The number of hydrogen-bond acceptors (Lipinski definition) is 2. The molecule has 0 aromatic carbocycles. The quantitative estimate of drug-likeness (QED) is 0.747. The molecule has 3 nitrogen and oxygen atoms in total. The van der Waals surface area contributed by atoms with Gasteiger partial charge in [-0.2, -0.15) is 0 Å². The van der Waals surface area contributed by atoms with Crippen LogP contribution in [0.25, 0.3) is 0 Å². The van der Waals surface area contributed by atoms with Crippen molar-refractivity contribution in [3.8, 4) is 0 Å². The molecule has 80 valence electrons. The lowest BCUT2D eigenvalue weighted by molar-refractivity contribution is -0.133. The molecular formula is C12H14O3. The van der Waals surface area contributed by atoms with Crippen molar-refractivity contribution in [3.05, 3.63) is 11.1 Å². The Bertz CT molecular complexity index is 372. The van der Waals surface area contributed by atoms with Crippen LogP contribution in [0.3, 0.4) is 0 Å². The first-order valence-electron chi connectivity index (χ1n) is 5.58. The van der Waals surface area contributed by atoms with Gasteiger partial charge in [-0.05, 0) is 49.9 Å². The SMILES string of the molecule is CC(=O)C1=C(C(=O)O)C2CC2C2CC1C2. The van der Waals surface area contributed by atoms with Gasteiger partial charge in [0.25, 0.3) is 0 Å². The number of Topliss-reactive ketones (excluding diaryl/α,β-unsaturated/α-hetero) is 1. The van der Waals surface area contributed by atoms with E-state index in [-0.39, 0.29) is 17.6 Å². The van der Waals surface area contributed by atoms with Gasteiger partial charge in [-0.15, -0.1) is 0 Å². The second-order valence-corrected chi connectivity index (χ2v) is 5.12. The van der Waals surface area contributed by atoms with Gasteiger partial charge in [0.15, 0.2) is 5.78 Å². The highest BCUT2D eigenvalue weighted by atomic mass is 16.4. The minimum Gasteiger partial charge on any atom is -0.478 e. The molecule has 2 bridgehead atoms. The third-order valence-electron chi connectivity index (χ3n) is 4.30. The Labute approximate surface area is 88.2 Å². The van der Waals surface area contributed by atoms with Crippen molar-refractivity contribution in [1.82, 2.24) is 0 Å². The van der Waals surface area contributed by atoms with E-state index in [0.29, 0.717) is 23.0 Å². The molecule has 2 saturated carbocycles. The van der Waals surface area contributed by atoms with Crippen LogP contribution < -0.4 is 0 Å². The molecule has 4 aliphatic rings. The van der Waals surface area contributed by atoms with Crippen LogP contribution in [-0.4, -0.2) is 16.9 Å². The maximum atomic E-state index is 11.5. The lowest BCUT2D eigenvalue weighted by atomic mass is 9.69. The topological polar surface area (TPSA) is 54.4 Å². The molecule has 0 aromatic heterocycles. The van der Waals surface area contributed by atoms with Crippen LogP contribution in [0, 0.1) is 23.7 Å². The number of hydrogen-bond donors (Lipinski definition) is 1. The standard InChI is InChI=1S/C12H14O3/c1-5(13)10-7-2-6(3-7)8-4-9(8)11(10)12(14)15/h6-9H,2-4H2,1H3,(H,14,15). The predicted molar refractivity (Wildman–Crippen MR) is 53.2 cm³/mol. The smallest absolute Gasteiger partial charge is 0.332 e. The van der Waals surface area contributed by atoms with Gasteiger partial charge < -0.3 is 5.11 Å². The van der Waals surface area contributed by atoms with E-state index in [1.165, 1.54) is 6.92 Å². The molecule has 15 heavy (non-hydrogen) atoms. The zero-order valence-electron chi connectivity index (χ0n) is 8.69. The monoisotopic (exact) mass is 206 g/mol. The van der Waals surface area contributed by atoms with E-state index in [1.54, 1.807) is 0 Å². The lowest BCUT2D eigenvalue weighted by Gasteiger charge is -2.35. The number of carboxylic acid groups (broad SMARTS) is 1. The predicted octanol–water partition coefficient (Wildman–Crippen LogP) is 1.63. The van der Waals surface area contributed by atoms with E-state index in [2.05, 4.69) is 0 Å². The van der Waals surface area contributed by atoms with Crippen molar-refractivity contribution in [2.24, 2.45) is 23.7 Å². The molecular weight excluding hydrogens is 192 g/mol. The van der Waals surface area contributed by atoms with Crippen LogP contribution >= 0.6 is 0 Å². The Balaban J connectivity index is 2.10. The summed E-state index contributed by atoms with van der Waals surface area (Å²) in [7, 11) is 0. The second-order valence-electron chi connectivity index (χ2n) is 5.12. The number of allylic oxidation sites excluding steroid dienone is 1. The third-order valence-corrected chi connectivity index (χ3v) is 4.30. The molecule has 4 aliphatic carbocycles. The van der Waals surface area contributed by atoms with Crippen molar-refractivity contribution in [2.75, 3.05) is 0 Å². The number of carboxylic acids is 1. The van der Waals surface area contributed by atoms with Gasteiger partial charge in [0, 0.05) is 11.1 Å². The largest absolute Gasteiger partial charge is 0.478 e. The minimum atomic E-state index is -0.861. The molecule has 2 unspecified atom stereocenters. The van der Waals surface area contributed by atoms with E-state index < -0.39 is 5.97 Å². The average Bonchev–Trinajstić information content (AvgIpc) is 2.74. The highest BCUT2D eigenvalue weighted by Crippen LogP contribution is 2.62. The summed E-state index contributed by atoms with van der Waals surface area (Å²) >= 11 is 0. The van der Waals surface area contributed by atoms with Crippen LogP contribution in [0.15, 0.2) is 11.1 Å². The molecule has 3 heteroatoms. The van der Waals surface area contributed by atoms with Crippen molar-refractivity contribution in [2.45, 2.75) is 26.2 Å². The molecule has 2 atom stereocenters. The van der Waals surface area contributed by atoms with Crippen LogP contribution in [-0.2, 0) is 9.59 Å². The van der Waals surface area contributed by atoms with Gasteiger partial charge in [0.1, 0.15) is 0 Å². The number of ketones is 1. The van der Waals surface area contributed by atoms with Crippen molar-refractivity contribution in [1.29, 1.82) is 0 Å². The Morgan fingerprint density at radius 2 is 1.87 bits per heavy atom. The Hall–Kier alpha value is -1.12. The normalized spacial score (nSPS) is 41.4. The van der Waals surface area contributed by atoms with Gasteiger partial charge in [-0.1, -0.05) is 0 Å². The van der Waals surface area contributed by atoms with Gasteiger partial charge >= 0.3 is 5.97 Å². The first-order valence-corrected chi connectivity index (χ1v) is 5.58. The number of carbonyl (C=O) groups is 2. The summed E-state index contributed by atoms with van der Waals surface area (Å²) in [6.45, 7) is 1.51. The van der Waals surface area contributed by atoms with E-state index in [1.807, 2.05) is 0 Å². The average molecular weight is 206 g/mol. The molecule has 0 heterocycles. The molecule has 0 amide bonds. The van der Waals surface area contributed by atoms with Gasteiger partial charge in [-0.25, -0.2) is 4.79 Å². The van der Waals surface area contributed by atoms with Gasteiger partial charge in [0.05, 0.1) is 0 Å². The highest BCUT2D eigenvalue weighted by Gasteiger charge is 2.56. The highest BCUT2D eigenvalue weighted by molar-refractivity contribution is 6.03. The van der Waals surface area contributed by atoms with E-state index >= 15 is 0 Å². The number of rotatable bonds is 2. The first-order chi connectivity index (χ1) is 7.09. The summed E-state index contributed by atoms with van der Waals surface area (Å²) < 4.78 is 0. The van der Waals surface area contributed by atoms with Crippen molar-refractivity contribution < 1.29 is 14.7 Å². The fraction of sp³-hybridized carbons (Fsp3) is 0.667. The Kier molecular flexibility index (Phi) is 1.65. The van der Waals surface area contributed by atoms with Crippen LogP contribution in [0.2, 0.25) is 0 Å². The van der Waals surface area contributed by atoms with Crippen LogP contribution in [0.1, 0.15) is 26.2 Å². The van der Waals surface area contributed by atoms with Crippen LogP contribution in [0.4, 0.5) is 0 Å². The van der Waals surface area contributed by atoms with Gasteiger partial charge in [0.2, 0.25) is 0 Å². The fourth-order valence-electron chi connectivity index (χ4n) is 3.49. The number of carbonyl (C=O) groups excluding carboxylic acids is 1. The van der Waals surface area contributed by atoms with E-state index in [9.17, 15) is 14.7 Å². The lowest BCUT2D eigenvalue weighted by Crippen LogP contribution is -2.28. The summed E-state index contributed by atoms with van der Waals surface area (Å²) in [5.74, 6) is 0.837. The summed E-state index contributed by atoms with van der Waals surface area (Å²) in [6.07, 6.45) is 3.09. The van der Waals surface area contributed by atoms with E-state index in [0.717, 1.165) is 19.3 Å². The zero-order chi connectivity index (χ0) is 10.7. The molecule has 0 radical (unpaired) electrons. The van der Waals surface area contributed by atoms with Crippen molar-refractivity contribution in [3.63, 3.8) is 0 Å². The second kappa shape index (κ2) is 2.71.